The van der Waals surface area contributed by atoms with E-state index in [0.717, 1.165) is 62.3 Å². The van der Waals surface area contributed by atoms with E-state index in [9.17, 15) is 0 Å². The SMILES string of the molecule is CCCc1c(OCCCCOc2ccc(-c3nn[nH]n3)cc2)ccc2c1ccn2CC1CCCCO1. The van der Waals surface area contributed by atoms with Crippen LogP contribution in [0.5, 0.6) is 11.5 Å². The van der Waals surface area contributed by atoms with Gasteiger partial charge in [-0.05, 0) is 86.2 Å². The van der Waals surface area contributed by atoms with Crippen molar-refractivity contribution in [3.63, 3.8) is 0 Å². The molecule has 0 amide bonds. The molecule has 2 aromatic heterocycles. The molecule has 1 aliphatic heterocycles. The number of aryl methyl sites for hydroxylation is 1. The van der Waals surface area contributed by atoms with Crippen LogP contribution >= 0.6 is 0 Å². The van der Waals surface area contributed by atoms with Gasteiger partial charge in [0.05, 0.1) is 19.3 Å². The van der Waals surface area contributed by atoms with Crippen LogP contribution in [0.1, 0.15) is 51.0 Å². The molecule has 3 heterocycles. The lowest BCUT2D eigenvalue weighted by Gasteiger charge is -2.23. The van der Waals surface area contributed by atoms with Crippen molar-refractivity contribution >= 4 is 10.9 Å². The molecule has 0 radical (unpaired) electrons. The Labute approximate surface area is 211 Å². The van der Waals surface area contributed by atoms with Gasteiger partial charge in [0.25, 0.3) is 0 Å². The molecule has 1 fully saturated rings. The largest absolute Gasteiger partial charge is 0.494 e. The first-order valence-corrected chi connectivity index (χ1v) is 13.1. The Morgan fingerprint density at radius 3 is 2.64 bits per heavy atom. The molecular formula is C28H35N5O3. The fourth-order valence-electron chi connectivity index (χ4n) is 4.85. The summed E-state index contributed by atoms with van der Waals surface area (Å²) in [6.45, 7) is 5.37. The highest BCUT2D eigenvalue weighted by molar-refractivity contribution is 5.86. The molecule has 1 atom stereocenters. The van der Waals surface area contributed by atoms with Crippen LogP contribution in [0.15, 0.2) is 48.7 Å². The van der Waals surface area contributed by atoms with E-state index < -0.39 is 0 Å². The Kier molecular flexibility index (Phi) is 8.13. The van der Waals surface area contributed by atoms with Crippen LogP contribution in [-0.2, 0) is 17.7 Å². The number of nitrogens with one attached hydrogen (secondary N) is 1. The summed E-state index contributed by atoms with van der Waals surface area (Å²) in [5.41, 5.74) is 3.50. The summed E-state index contributed by atoms with van der Waals surface area (Å²) in [6.07, 6.45) is 10.1. The van der Waals surface area contributed by atoms with Gasteiger partial charge in [0.2, 0.25) is 5.82 Å². The van der Waals surface area contributed by atoms with E-state index in [4.69, 9.17) is 14.2 Å². The zero-order chi connectivity index (χ0) is 24.6. The number of ether oxygens (including phenoxy) is 3. The summed E-state index contributed by atoms with van der Waals surface area (Å²) in [7, 11) is 0. The summed E-state index contributed by atoms with van der Waals surface area (Å²) in [5.74, 6) is 2.42. The number of H-pyrrole nitrogens is 1. The Balaban J connectivity index is 1.11. The Morgan fingerprint density at radius 2 is 1.89 bits per heavy atom. The van der Waals surface area contributed by atoms with E-state index in [1.165, 1.54) is 29.3 Å². The van der Waals surface area contributed by atoms with Gasteiger partial charge in [0.1, 0.15) is 11.5 Å². The molecule has 8 heteroatoms. The Morgan fingerprint density at radius 1 is 1.03 bits per heavy atom. The molecule has 4 aromatic rings. The highest BCUT2D eigenvalue weighted by atomic mass is 16.5. The number of hydrogen-bond acceptors (Lipinski definition) is 6. The number of tetrazole rings is 1. The first-order chi connectivity index (χ1) is 17.8. The highest BCUT2D eigenvalue weighted by Gasteiger charge is 2.17. The van der Waals surface area contributed by atoms with Gasteiger partial charge in [-0.2, -0.15) is 5.21 Å². The molecule has 1 N–H and O–H groups in total. The molecule has 1 unspecified atom stereocenters. The number of unbranched alkanes of at least 4 members (excludes halogenated alkanes) is 1. The van der Waals surface area contributed by atoms with Gasteiger partial charge >= 0.3 is 0 Å². The smallest absolute Gasteiger partial charge is 0.204 e. The van der Waals surface area contributed by atoms with Crippen molar-refractivity contribution < 1.29 is 14.2 Å². The van der Waals surface area contributed by atoms with Crippen LogP contribution < -0.4 is 9.47 Å². The lowest BCUT2D eigenvalue weighted by atomic mass is 10.0. The number of aromatic amines is 1. The number of nitrogens with zero attached hydrogens (tertiary/aromatic N) is 4. The fraction of sp³-hybridized carbons (Fsp3) is 0.464. The normalized spacial score (nSPS) is 15.9. The van der Waals surface area contributed by atoms with Crippen molar-refractivity contribution in [1.82, 2.24) is 25.2 Å². The first-order valence-electron chi connectivity index (χ1n) is 13.1. The number of aromatic nitrogens is 5. The zero-order valence-corrected chi connectivity index (χ0v) is 21.0. The summed E-state index contributed by atoms with van der Waals surface area (Å²) in [5, 5.41) is 15.3. The van der Waals surface area contributed by atoms with E-state index in [0.29, 0.717) is 25.1 Å². The third kappa shape index (κ3) is 5.87. The highest BCUT2D eigenvalue weighted by Crippen LogP contribution is 2.31. The quantitative estimate of drug-likeness (QED) is 0.261. The molecular weight excluding hydrogens is 454 g/mol. The maximum atomic E-state index is 6.25. The van der Waals surface area contributed by atoms with Crippen molar-refractivity contribution in [2.24, 2.45) is 0 Å². The van der Waals surface area contributed by atoms with Crippen molar-refractivity contribution in [3.8, 4) is 22.9 Å². The van der Waals surface area contributed by atoms with Crippen LogP contribution in [0.3, 0.4) is 0 Å². The van der Waals surface area contributed by atoms with Gasteiger partial charge in [0, 0.05) is 41.4 Å². The van der Waals surface area contributed by atoms with Crippen molar-refractivity contribution in [3.05, 3.63) is 54.2 Å². The number of rotatable bonds is 12. The second-order valence-corrected chi connectivity index (χ2v) is 9.35. The predicted molar refractivity (Wildman–Crippen MR) is 139 cm³/mol. The molecule has 0 aliphatic carbocycles. The van der Waals surface area contributed by atoms with Gasteiger partial charge in [-0.15, -0.1) is 10.2 Å². The third-order valence-electron chi connectivity index (χ3n) is 6.72. The molecule has 36 heavy (non-hydrogen) atoms. The van der Waals surface area contributed by atoms with Gasteiger partial charge in [0.15, 0.2) is 0 Å². The average molecular weight is 490 g/mol. The molecule has 190 valence electrons. The van der Waals surface area contributed by atoms with Crippen LogP contribution in [0.25, 0.3) is 22.3 Å². The van der Waals surface area contributed by atoms with E-state index in [1.54, 1.807) is 0 Å². The minimum atomic E-state index is 0.325. The molecule has 0 saturated carbocycles. The lowest BCUT2D eigenvalue weighted by Crippen LogP contribution is -2.24. The van der Waals surface area contributed by atoms with Crippen LogP contribution in [0, 0.1) is 0 Å². The topological polar surface area (TPSA) is 87.1 Å². The van der Waals surface area contributed by atoms with Crippen molar-refractivity contribution in [2.45, 2.75) is 64.5 Å². The van der Waals surface area contributed by atoms with Gasteiger partial charge in [-0.25, -0.2) is 0 Å². The monoisotopic (exact) mass is 489 g/mol. The fourth-order valence-corrected chi connectivity index (χ4v) is 4.85. The van der Waals surface area contributed by atoms with Gasteiger partial charge in [-0.3, -0.25) is 0 Å². The predicted octanol–water partition coefficient (Wildman–Crippen LogP) is 5.58. The minimum absolute atomic E-state index is 0.325. The molecule has 2 aromatic carbocycles. The standard InChI is InChI=1S/C28H35N5O3/c1-2-7-25-24-15-16-33(20-23-8-3-4-17-35-23)26(24)13-14-27(25)36-19-6-5-18-34-22-11-9-21(10-12-22)28-29-31-32-30-28/h9-16,23H,2-8,17-20H2,1H3,(H,29,30,31,32). The summed E-state index contributed by atoms with van der Waals surface area (Å²) in [4.78, 5) is 0. The van der Waals surface area contributed by atoms with Crippen LogP contribution in [-0.4, -0.2) is 51.1 Å². The first kappa shape index (κ1) is 24.3. The van der Waals surface area contributed by atoms with Gasteiger partial charge in [-0.1, -0.05) is 13.3 Å². The van der Waals surface area contributed by atoms with Crippen molar-refractivity contribution in [1.29, 1.82) is 0 Å². The molecule has 5 rings (SSSR count). The second-order valence-electron chi connectivity index (χ2n) is 9.35. The maximum absolute atomic E-state index is 6.25. The number of benzene rings is 2. The average Bonchev–Trinajstić information content (AvgIpc) is 3.59. The summed E-state index contributed by atoms with van der Waals surface area (Å²) < 4.78 is 20.5. The third-order valence-corrected chi connectivity index (χ3v) is 6.72. The van der Waals surface area contributed by atoms with E-state index in [-0.39, 0.29) is 0 Å². The molecule has 0 spiro atoms. The lowest BCUT2D eigenvalue weighted by molar-refractivity contribution is 0.00670. The Bertz CT molecular complexity index is 1210. The second kappa shape index (κ2) is 12.0. The molecule has 8 nitrogen and oxygen atoms in total. The van der Waals surface area contributed by atoms with Crippen molar-refractivity contribution in [2.75, 3.05) is 19.8 Å². The molecule has 0 bridgehead atoms. The van der Waals surface area contributed by atoms with E-state index >= 15 is 0 Å². The maximum Gasteiger partial charge on any atom is 0.204 e. The van der Waals surface area contributed by atoms with Gasteiger partial charge < -0.3 is 18.8 Å². The summed E-state index contributed by atoms with van der Waals surface area (Å²) in [6, 6.07) is 14.3. The molecule has 1 aliphatic rings. The number of fused-ring (bicyclic) bond motifs is 1. The van der Waals surface area contributed by atoms with Crippen LogP contribution in [0.4, 0.5) is 0 Å². The Hall–Kier alpha value is -3.39. The number of hydrogen-bond donors (Lipinski definition) is 1. The zero-order valence-electron chi connectivity index (χ0n) is 21.0. The minimum Gasteiger partial charge on any atom is -0.494 e. The van der Waals surface area contributed by atoms with Crippen LogP contribution in [0.2, 0.25) is 0 Å². The van der Waals surface area contributed by atoms with E-state index in [1.807, 2.05) is 24.3 Å². The van der Waals surface area contributed by atoms with E-state index in [2.05, 4.69) is 56.5 Å². The summed E-state index contributed by atoms with van der Waals surface area (Å²) >= 11 is 0. The molecule has 1 saturated heterocycles.